The number of anilines is 1. The molecule has 1 N–H and O–H groups in total. The van der Waals surface area contributed by atoms with Gasteiger partial charge in [-0.25, -0.2) is 0 Å². The smallest absolute Gasteiger partial charge is 0.146 e. The van der Waals surface area contributed by atoms with Crippen molar-refractivity contribution < 1.29 is 4.74 Å². The van der Waals surface area contributed by atoms with Crippen molar-refractivity contribution in [2.24, 2.45) is 5.92 Å². The number of benzene rings is 1. The molecule has 4 nitrogen and oxygen atoms in total. The van der Waals surface area contributed by atoms with E-state index in [-0.39, 0.29) is 0 Å². The molecule has 0 aromatic heterocycles. The number of nitrogens with one attached hydrogen (secondary N) is 1. The van der Waals surface area contributed by atoms with Crippen LogP contribution in [-0.2, 0) is 6.54 Å². The van der Waals surface area contributed by atoms with Crippen LogP contribution in [0.1, 0.15) is 18.4 Å². The highest BCUT2D eigenvalue weighted by Gasteiger charge is 2.21. The first-order valence-electron chi connectivity index (χ1n) is 8.08. The highest BCUT2D eigenvalue weighted by Crippen LogP contribution is 2.32. The summed E-state index contributed by atoms with van der Waals surface area (Å²) in [6, 6.07) is 6.45. The van der Waals surface area contributed by atoms with Gasteiger partial charge >= 0.3 is 0 Å². The highest BCUT2D eigenvalue weighted by molar-refractivity contribution is 5.61. The van der Waals surface area contributed by atoms with Crippen molar-refractivity contribution >= 4 is 5.69 Å². The Balaban J connectivity index is 1.58. The summed E-state index contributed by atoms with van der Waals surface area (Å²) in [6.45, 7) is 6.33. The Morgan fingerprint density at radius 2 is 2.10 bits per heavy atom. The topological polar surface area (TPSA) is 27.7 Å². The first kappa shape index (κ1) is 14.7. The molecule has 1 saturated heterocycles. The standard InChI is InChI=1S/C17H27N3O/c1-19(2)12-14-6-9-20(10-7-14)13-15-4-3-5-16-17(15)21-11-8-18-16/h3-5,14,18H,6-13H2,1-2H3. The van der Waals surface area contributed by atoms with Crippen molar-refractivity contribution in [2.75, 3.05) is 52.2 Å². The van der Waals surface area contributed by atoms with Crippen LogP contribution in [-0.4, -0.2) is 56.7 Å². The van der Waals surface area contributed by atoms with Crippen molar-refractivity contribution in [3.63, 3.8) is 0 Å². The van der Waals surface area contributed by atoms with Crippen LogP contribution >= 0.6 is 0 Å². The lowest BCUT2D eigenvalue weighted by atomic mass is 9.96. The maximum Gasteiger partial charge on any atom is 0.146 e. The predicted octanol–water partition coefficient (Wildman–Crippen LogP) is 2.26. The van der Waals surface area contributed by atoms with E-state index in [1.807, 2.05) is 0 Å². The van der Waals surface area contributed by atoms with Gasteiger partial charge in [0.15, 0.2) is 0 Å². The van der Waals surface area contributed by atoms with E-state index in [2.05, 4.69) is 47.4 Å². The molecule has 1 aromatic carbocycles. The summed E-state index contributed by atoms with van der Waals surface area (Å²) in [6.07, 6.45) is 2.62. The second-order valence-corrected chi connectivity index (χ2v) is 6.55. The lowest BCUT2D eigenvalue weighted by molar-refractivity contribution is 0.155. The number of rotatable bonds is 4. The maximum absolute atomic E-state index is 5.87. The monoisotopic (exact) mass is 289 g/mol. The van der Waals surface area contributed by atoms with E-state index >= 15 is 0 Å². The second kappa shape index (κ2) is 6.67. The van der Waals surface area contributed by atoms with Crippen LogP contribution in [0.15, 0.2) is 18.2 Å². The number of piperidine rings is 1. The Morgan fingerprint density at radius 3 is 2.86 bits per heavy atom. The molecule has 0 atom stereocenters. The van der Waals surface area contributed by atoms with Gasteiger partial charge in [-0.2, -0.15) is 0 Å². The molecule has 1 aromatic rings. The number of likely N-dealkylation sites (tertiary alicyclic amines) is 1. The molecule has 0 saturated carbocycles. The summed E-state index contributed by atoms with van der Waals surface area (Å²) in [4.78, 5) is 4.88. The van der Waals surface area contributed by atoms with E-state index in [0.717, 1.165) is 37.1 Å². The quantitative estimate of drug-likeness (QED) is 0.920. The van der Waals surface area contributed by atoms with Crippen LogP contribution in [0.4, 0.5) is 5.69 Å². The lowest BCUT2D eigenvalue weighted by Gasteiger charge is -2.34. The van der Waals surface area contributed by atoms with Crippen LogP contribution in [0.5, 0.6) is 5.75 Å². The molecule has 0 spiro atoms. The van der Waals surface area contributed by atoms with E-state index in [1.165, 1.54) is 38.0 Å². The fourth-order valence-corrected chi connectivity index (χ4v) is 3.44. The van der Waals surface area contributed by atoms with Crippen molar-refractivity contribution in [3.05, 3.63) is 23.8 Å². The number of fused-ring (bicyclic) bond motifs is 1. The molecule has 2 heterocycles. The van der Waals surface area contributed by atoms with E-state index in [9.17, 15) is 0 Å². The maximum atomic E-state index is 5.87. The largest absolute Gasteiger partial charge is 0.489 e. The van der Waals surface area contributed by atoms with Crippen LogP contribution in [0, 0.1) is 5.92 Å². The minimum absolute atomic E-state index is 0.773. The minimum atomic E-state index is 0.773. The van der Waals surface area contributed by atoms with Crippen LogP contribution in [0.3, 0.4) is 0 Å². The van der Waals surface area contributed by atoms with Crippen molar-refractivity contribution in [3.8, 4) is 5.75 Å². The lowest BCUT2D eigenvalue weighted by Crippen LogP contribution is -2.36. The zero-order valence-corrected chi connectivity index (χ0v) is 13.3. The van der Waals surface area contributed by atoms with Gasteiger partial charge in [0.2, 0.25) is 0 Å². The Labute approximate surface area is 128 Å². The van der Waals surface area contributed by atoms with E-state index < -0.39 is 0 Å². The zero-order chi connectivity index (χ0) is 14.7. The van der Waals surface area contributed by atoms with Crippen molar-refractivity contribution in [2.45, 2.75) is 19.4 Å². The highest BCUT2D eigenvalue weighted by atomic mass is 16.5. The zero-order valence-electron chi connectivity index (χ0n) is 13.3. The Hall–Kier alpha value is -1.26. The minimum Gasteiger partial charge on any atom is -0.489 e. The fourth-order valence-electron chi connectivity index (χ4n) is 3.44. The third kappa shape index (κ3) is 3.69. The third-order valence-electron chi connectivity index (χ3n) is 4.48. The first-order chi connectivity index (χ1) is 10.2. The van der Waals surface area contributed by atoms with E-state index in [0.29, 0.717) is 0 Å². The molecule has 0 amide bonds. The van der Waals surface area contributed by atoms with Gasteiger partial charge in [0, 0.05) is 25.2 Å². The summed E-state index contributed by atoms with van der Waals surface area (Å²) in [5.41, 5.74) is 2.48. The van der Waals surface area contributed by atoms with Crippen LogP contribution in [0.25, 0.3) is 0 Å². The summed E-state index contributed by atoms with van der Waals surface area (Å²) in [5.74, 6) is 1.93. The molecule has 4 heteroatoms. The molecule has 0 bridgehead atoms. The van der Waals surface area contributed by atoms with Gasteiger partial charge < -0.3 is 15.0 Å². The molecule has 1 fully saturated rings. The Morgan fingerprint density at radius 1 is 1.29 bits per heavy atom. The second-order valence-electron chi connectivity index (χ2n) is 6.55. The molecule has 2 aliphatic rings. The molecule has 0 unspecified atom stereocenters. The first-order valence-corrected chi connectivity index (χ1v) is 8.08. The van der Waals surface area contributed by atoms with Gasteiger partial charge in [0.05, 0.1) is 5.69 Å². The Bertz CT molecular complexity index is 467. The number of hydrogen-bond donors (Lipinski definition) is 1. The molecule has 21 heavy (non-hydrogen) atoms. The number of nitrogens with zero attached hydrogens (tertiary/aromatic N) is 2. The SMILES string of the molecule is CN(C)CC1CCN(Cc2cccc3c2OCCN3)CC1. The molecular formula is C17H27N3O. The Kier molecular flexibility index (Phi) is 4.66. The van der Waals surface area contributed by atoms with Gasteiger partial charge in [-0.15, -0.1) is 0 Å². The average molecular weight is 289 g/mol. The molecule has 3 rings (SSSR count). The normalized spacial score (nSPS) is 20.0. The summed E-state index contributed by atoms with van der Waals surface area (Å²) >= 11 is 0. The fraction of sp³-hybridized carbons (Fsp3) is 0.647. The van der Waals surface area contributed by atoms with E-state index in [4.69, 9.17) is 4.74 Å². The van der Waals surface area contributed by atoms with Crippen molar-refractivity contribution in [1.82, 2.24) is 9.80 Å². The summed E-state index contributed by atoms with van der Waals surface area (Å²) < 4.78 is 5.87. The number of para-hydroxylation sites is 1. The van der Waals surface area contributed by atoms with Gasteiger partial charge in [0.25, 0.3) is 0 Å². The predicted molar refractivity (Wildman–Crippen MR) is 87.0 cm³/mol. The van der Waals surface area contributed by atoms with Crippen LogP contribution in [0.2, 0.25) is 0 Å². The average Bonchev–Trinajstić information content (AvgIpc) is 2.49. The third-order valence-corrected chi connectivity index (χ3v) is 4.48. The summed E-state index contributed by atoms with van der Waals surface area (Å²) in [7, 11) is 4.35. The molecule has 0 aliphatic carbocycles. The number of ether oxygens (including phenoxy) is 1. The van der Waals surface area contributed by atoms with Crippen molar-refractivity contribution in [1.29, 1.82) is 0 Å². The number of hydrogen-bond acceptors (Lipinski definition) is 4. The molecular weight excluding hydrogens is 262 g/mol. The van der Waals surface area contributed by atoms with Crippen LogP contribution < -0.4 is 10.1 Å². The van der Waals surface area contributed by atoms with Gasteiger partial charge in [0.1, 0.15) is 12.4 Å². The van der Waals surface area contributed by atoms with Gasteiger partial charge in [-0.05, 0) is 52.0 Å². The van der Waals surface area contributed by atoms with Gasteiger partial charge in [-0.3, -0.25) is 4.90 Å². The van der Waals surface area contributed by atoms with Gasteiger partial charge in [-0.1, -0.05) is 12.1 Å². The summed E-state index contributed by atoms with van der Waals surface area (Å²) in [5, 5.41) is 3.42. The van der Waals surface area contributed by atoms with E-state index in [1.54, 1.807) is 0 Å². The molecule has 0 radical (unpaired) electrons. The molecule has 2 aliphatic heterocycles. The molecule has 116 valence electrons.